The zero-order valence-corrected chi connectivity index (χ0v) is 41.7. The van der Waals surface area contributed by atoms with E-state index in [1.54, 1.807) is 0 Å². The summed E-state index contributed by atoms with van der Waals surface area (Å²) in [7, 11) is -19.8. The van der Waals surface area contributed by atoms with Crippen molar-refractivity contribution in [3.63, 3.8) is 0 Å². The fourth-order valence-electron chi connectivity index (χ4n) is 7.64. The smallest absolute Gasteiger partial charge is 0.418 e. The predicted molar refractivity (Wildman–Crippen MR) is 282 cm³/mol. The topological polar surface area (TPSA) is 0 Å². The summed E-state index contributed by atoms with van der Waals surface area (Å²) in [6.45, 7) is 4.09. The van der Waals surface area contributed by atoms with Gasteiger partial charge in [0.1, 0.15) is 0 Å². The molecular weight excluding hydrogens is 1070 g/mol. The van der Waals surface area contributed by atoms with Gasteiger partial charge in [-0.2, -0.15) is 0 Å². The largest absolute Gasteiger partial charge is 3.00 e. The van der Waals surface area contributed by atoms with Crippen LogP contribution in [0.3, 0.4) is 0 Å². The summed E-state index contributed by atoms with van der Waals surface area (Å²) in [6.07, 6.45) is 15.9. The molecule has 0 atom stereocenters. The molecule has 0 saturated carbocycles. The van der Waals surface area contributed by atoms with E-state index in [4.69, 9.17) is 0 Å². The quantitative estimate of drug-likeness (QED) is 0.0616. The van der Waals surface area contributed by atoms with Crippen LogP contribution in [-0.4, -0.2) is 21.8 Å². The predicted octanol–water partition coefficient (Wildman–Crippen LogP) is 16.4. The standard InChI is InChI=1S/C46H34P2.C8H12.3BF4.Rh/c1-2-34-27-30-42-36(33-34)29-32-44(48(39-22-11-5-12-23-39)40-24-13-6-14-25-40)46(42)45-41-26-16-15-17-35(41)28-31-43(45)47(37-18-7-3-8-19-37)38-20-9-4-10-21-38;1-2-4-6-8-7-5-3-1;3*2-1(3,4)5;/h2-33H,1H2;1-2,7-8H,3-6H2;;;;/q;;3*-1;+3/b;2-1-,8-7?;;;;. The Kier molecular flexibility index (Phi) is 23.4. The molecule has 0 fully saturated rings. The van der Waals surface area contributed by atoms with Crippen molar-refractivity contribution in [1.29, 1.82) is 0 Å². The molecule has 0 radical (unpaired) electrons. The van der Waals surface area contributed by atoms with Crippen molar-refractivity contribution in [3.05, 3.63) is 225 Å². The molecule has 1 aliphatic carbocycles. The van der Waals surface area contributed by atoms with Gasteiger partial charge >= 0.3 is 41.2 Å². The molecule has 374 valence electrons. The van der Waals surface area contributed by atoms with Crippen LogP contribution < -0.4 is 31.8 Å². The molecule has 0 spiro atoms. The van der Waals surface area contributed by atoms with Crippen LogP contribution in [0.1, 0.15) is 31.2 Å². The van der Waals surface area contributed by atoms with Gasteiger partial charge in [-0.15, -0.1) is 0 Å². The SMILES string of the molecule is C1=CCC/C=C\CC1.C=Cc1ccc2c(-c3c(P(c4ccccc4)c4ccccc4)ccc4ccccc34)c(P(c3ccccc3)c3ccccc3)ccc2c1.F[B-](F)(F)F.F[B-](F)(F)F.F[B-](F)(F)F.[Rh+3]. The zero-order chi connectivity index (χ0) is 51.4. The maximum atomic E-state index is 9.75. The van der Waals surface area contributed by atoms with Crippen molar-refractivity contribution in [2.45, 2.75) is 25.7 Å². The molecule has 0 nitrogen and oxygen atoms in total. The summed E-state index contributed by atoms with van der Waals surface area (Å²) in [5.41, 5.74) is 3.79. The molecule has 0 heterocycles. The molecule has 18 heteroatoms. The summed E-state index contributed by atoms with van der Waals surface area (Å²) in [4.78, 5) is 0. The monoisotopic (exact) mass is 1120 g/mol. The fourth-order valence-corrected chi connectivity index (χ4v) is 12.6. The van der Waals surface area contributed by atoms with Crippen LogP contribution in [0.15, 0.2) is 219 Å². The Morgan fingerprint density at radius 1 is 0.347 bits per heavy atom. The minimum absolute atomic E-state index is 0. The molecule has 8 aromatic carbocycles. The van der Waals surface area contributed by atoms with Gasteiger partial charge in [-0.25, -0.2) is 0 Å². The number of halogens is 12. The van der Waals surface area contributed by atoms with Crippen LogP contribution in [-0.2, 0) is 19.5 Å². The van der Waals surface area contributed by atoms with Crippen molar-refractivity contribution in [2.24, 2.45) is 0 Å². The van der Waals surface area contributed by atoms with Crippen molar-refractivity contribution < 1.29 is 71.3 Å². The number of allylic oxidation sites excluding steroid dienone is 4. The summed E-state index contributed by atoms with van der Waals surface area (Å²) in [5, 5.41) is 13.2. The maximum Gasteiger partial charge on any atom is 3.00 e. The second-order valence-electron chi connectivity index (χ2n) is 15.4. The van der Waals surface area contributed by atoms with Crippen molar-refractivity contribution >= 4 is 97.1 Å². The number of benzene rings is 8. The van der Waals surface area contributed by atoms with E-state index in [0.29, 0.717) is 0 Å². The van der Waals surface area contributed by atoms with Crippen LogP contribution >= 0.6 is 15.8 Å². The third-order valence-corrected chi connectivity index (χ3v) is 15.3. The first-order valence-corrected chi connectivity index (χ1v) is 24.9. The second-order valence-corrected chi connectivity index (χ2v) is 19.8. The third-order valence-electron chi connectivity index (χ3n) is 10.3. The van der Waals surface area contributed by atoms with Crippen LogP contribution in [0.25, 0.3) is 38.7 Å². The van der Waals surface area contributed by atoms with Gasteiger partial charge in [0.25, 0.3) is 0 Å². The molecule has 1 aliphatic rings. The molecular formula is C54H46B3F12P2Rh. The van der Waals surface area contributed by atoms with E-state index in [9.17, 15) is 51.8 Å². The summed E-state index contributed by atoms with van der Waals surface area (Å²) in [5.74, 6) is 0. The van der Waals surface area contributed by atoms with E-state index in [0.717, 1.165) is 5.56 Å². The Morgan fingerprint density at radius 3 is 0.972 bits per heavy atom. The van der Waals surface area contributed by atoms with E-state index < -0.39 is 37.6 Å². The van der Waals surface area contributed by atoms with Gasteiger partial charge in [-0.05, 0) is 118 Å². The van der Waals surface area contributed by atoms with Crippen LogP contribution in [0.2, 0.25) is 0 Å². The fraction of sp³-hybridized carbons (Fsp3) is 0.0741. The molecule has 0 saturated heterocycles. The van der Waals surface area contributed by atoms with Gasteiger partial charge in [-0.3, -0.25) is 0 Å². The van der Waals surface area contributed by atoms with E-state index in [1.807, 2.05) is 6.08 Å². The van der Waals surface area contributed by atoms with Crippen molar-refractivity contribution in [3.8, 4) is 11.1 Å². The number of hydrogen-bond donors (Lipinski definition) is 0. The summed E-state index contributed by atoms with van der Waals surface area (Å²) >= 11 is 0. The molecule has 0 unspecified atom stereocenters. The molecule has 0 amide bonds. The molecule has 9 rings (SSSR count). The molecule has 8 aromatic rings. The zero-order valence-electron chi connectivity index (χ0n) is 38.3. The Hall–Kier alpha value is -5.66. The average molecular weight is 1120 g/mol. The Bertz CT molecular complexity index is 2810. The van der Waals surface area contributed by atoms with Crippen LogP contribution in [0.4, 0.5) is 51.8 Å². The third kappa shape index (κ3) is 19.7. The van der Waals surface area contributed by atoms with Gasteiger partial charge in [-0.1, -0.05) is 219 Å². The van der Waals surface area contributed by atoms with Gasteiger partial charge in [0, 0.05) is 0 Å². The van der Waals surface area contributed by atoms with Crippen LogP contribution in [0.5, 0.6) is 0 Å². The maximum absolute atomic E-state index is 9.75. The second kappa shape index (κ2) is 28.5. The number of fused-ring (bicyclic) bond motifs is 2. The first-order chi connectivity index (χ1) is 33.8. The van der Waals surface area contributed by atoms with E-state index in [-0.39, 0.29) is 19.5 Å². The van der Waals surface area contributed by atoms with Gasteiger partial charge in [0.2, 0.25) is 0 Å². The van der Waals surface area contributed by atoms with Crippen molar-refractivity contribution in [2.75, 3.05) is 0 Å². The Balaban J connectivity index is 0.000000389. The minimum Gasteiger partial charge on any atom is -0.418 e. The molecule has 0 aromatic heterocycles. The number of rotatable bonds is 8. The Morgan fingerprint density at radius 2 is 0.639 bits per heavy atom. The first kappa shape index (κ1) is 58.9. The average Bonchev–Trinajstić information content (AvgIpc) is 3.31. The molecule has 0 aliphatic heterocycles. The van der Waals surface area contributed by atoms with Crippen molar-refractivity contribution in [1.82, 2.24) is 0 Å². The van der Waals surface area contributed by atoms with E-state index in [2.05, 4.69) is 219 Å². The minimum atomic E-state index is -6.00. The number of hydrogen-bond acceptors (Lipinski definition) is 0. The van der Waals surface area contributed by atoms with Gasteiger partial charge in [0.05, 0.1) is 0 Å². The first-order valence-electron chi connectivity index (χ1n) is 22.2. The summed E-state index contributed by atoms with van der Waals surface area (Å²) in [6, 6.07) is 69.6. The normalized spacial score (nSPS) is 12.8. The van der Waals surface area contributed by atoms with E-state index >= 15 is 0 Å². The van der Waals surface area contributed by atoms with Crippen LogP contribution in [0, 0.1) is 0 Å². The molecule has 0 bridgehead atoms. The Labute approximate surface area is 427 Å². The van der Waals surface area contributed by atoms with Gasteiger partial charge < -0.3 is 51.8 Å². The molecule has 72 heavy (non-hydrogen) atoms. The molecule has 0 N–H and O–H groups in total. The van der Waals surface area contributed by atoms with E-state index in [1.165, 1.54) is 90.2 Å². The van der Waals surface area contributed by atoms with Gasteiger partial charge in [0.15, 0.2) is 0 Å². The summed E-state index contributed by atoms with van der Waals surface area (Å²) < 4.78 is 117.